The number of benzene rings is 6. The van der Waals surface area contributed by atoms with E-state index in [1.807, 2.05) is 6.20 Å². The first-order valence-corrected chi connectivity index (χ1v) is 14.7. The zero-order valence-electron chi connectivity index (χ0n) is 24.1. The minimum Gasteiger partial charge on any atom is -0.355 e. The Kier molecular flexibility index (Phi) is 5.90. The molecule has 0 atom stereocenters. The van der Waals surface area contributed by atoms with Crippen LogP contribution in [0.1, 0.15) is 11.1 Å². The monoisotopic (exact) mass is 551 g/mol. The number of rotatable bonds is 4. The van der Waals surface area contributed by atoms with E-state index in [0.29, 0.717) is 0 Å². The highest BCUT2D eigenvalue weighted by atomic mass is 14.8. The molecule has 6 aromatic carbocycles. The standard InChI is InChI=1S/C40H29N3/c1-25-9-3-4-12-31(25)33-15-8-14-32(26(33)2)29-10-7-11-30(21-29)40-24-41-38-20-18-28(23-39(38)43-40)27-17-19-37-35(22-27)34-13-5-6-16-36(34)42-37/h3-24,42H,1-2H3. The Hall–Kier alpha value is -5.54. The van der Waals surface area contributed by atoms with Gasteiger partial charge in [0.05, 0.1) is 22.9 Å². The Balaban J connectivity index is 1.18. The Morgan fingerprint density at radius 3 is 2.14 bits per heavy atom. The first-order chi connectivity index (χ1) is 21.1. The molecule has 0 radical (unpaired) electrons. The zero-order chi connectivity index (χ0) is 28.9. The SMILES string of the molecule is Cc1ccccc1-c1cccc(-c2cccc(-c3cnc4ccc(-c5ccc6[nH]c7ccccc7c6c5)cc4n3)c2)c1C. The van der Waals surface area contributed by atoms with Crippen LogP contribution in [0.2, 0.25) is 0 Å². The lowest BCUT2D eigenvalue weighted by Gasteiger charge is -2.14. The van der Waals surface area contributed by atoms with E-state index in [1.54, 1.807) is 0 Å². The van der Waals surface area contributed by atoms with Crippen LogP contribution in [0.25, 0.3) is 77.5 Å². The molecule has 8 rings (SSSR count). The summed E-state index contributed by atoms with van der Waals surface area (Å²) < 4.78 is 0. The predicted molar refractivity (Wildman–Crippen MR) is 180 cm³/mol. The highest BCUT2D eigenvalue weighted by molar-refractivity contribution is 6.08. The van der Waals surface area contributed by atoms with Crippen molar-refractivity contribution in [3.05, 3.63) is 145 Å². The Morgan fingerprint density at radius 2 is 1.21 bits per heavy atom. The van der Waals surface area contributed by atoms with Crippen LogP contribution in [0.3, 0.4) is 0 Å². The number of fused-ring (bicyclic) bond motifs is 4. The minimum absolute atomic E-state index is 0.867. The molecule has 0 bridgehead atoms. The highest BCUT2D eigenvalue weighted by Crippen LogP contribution is 2.35. The second-order valence-electron chi connectivity index (χ2n) is 11.3. The van der Waals surface area contributed by atoms with E-state index in [2.05, 4.69) is 146 Å². The normalized spacial score (nSPS) is 11.5. The average molecular weight is 552 g/mol. The van der Waals surface area contributed by atoms with Crippen LogP contribution >= 0.6 is 0 Å². The number of nitrogens with zero attached hydrogens (tertiary/aromatic N) is 2. The number of aromatic amines is 1. The van der Waals surface area contributed by atoms with Gasteiger partial charge < -0.3 is 4.98 Å². The molecule has 3 heteroatoms. The van der Waals surface area contributed by atoms with Crippen molar-refractivity contribution >= 4 is 32.8 Å². The van der Waals surface area contributed by atoms with Crippen molar-refractivity contribution in [1.82, 2.24) is 15.0 Å². The topological polar surface area (TPSA) is 41.6 Å². The largest absolute Gasteiger partial charge is 0.355 e. The van der Waals surface area contributed by atoms with E-state index in [0.717, 1.165) is 44.5 Å². The lowest BCUT2D eigenvalue weighted by Crippen LogP contribution is -1.92. The number of aromatic nitrogens is 3. The Morgan fingerprint density at radius 1 is 0.488 bits per heavy atom. The molecule has 0 aliphatic heterocycles. The second kappa shape index (κ2) is 10.1. The third kappa shape index (κ3) is 4.38. The maximum Gasteiger partial charge on any atom is 0.0900 e. The van der Waals surface area contributed by atoms with Crippen molar-refractivity contribution in [2.75, 3.05) is 0 Å². The van der Waals surface area contributed by atoms with Crippen LogP contribution in [0, 0.1) is 13.8 Å². The maximum absolute atomic E-state index is 5.10. The predicted octanol–water partition coefficient (Wildman–Crippen LogP) is 10.5. The van der Waals surface area contributed by atoms with Crippen LogP contribution in [0.5, 0.6) is 0 Å². The Labute approximate surface area is 250 Å². The van der Waals surface area contributed by atoms with Gasteiger partial charge >= 0.3 is 0 Å². The van der Waals surface area contributed by atoms with Crippen LogP contribution in [-0.4, -0.2) is 15.0 Å². The van der Waals surface area contributed by atoms with E-state index >= 15 is 0 Å². The second-order valence-corrected chi connectivity index (χ2v) is 11.3. The molecule has 3 nitrogen and oxygen atoms in total. The summed E-state index contributed by atoms with van der Waals surface area (Å²) in [5.74, 6) is 0. The molecule has 0 aliphatic rings. The molecule has 1 N–H and O–H groups in total. The van der Waals surface area contributed by atoms with Gasteiger partial charge in [0.25, 0.3) is 0 Å². The van der Waals surface area contributed by atoms with Crippen molar-refractivity contribution in [3.8, 4) is 44.6 Å². The number of hydrogen-bond acceptors (Lipinski definition) is 2. The summed E-state index contributed by atoms with van der Waals surface area (Å²) in [6.45, 7) is 4.39. The van der Waals surface area contributed by atoms with Crippen molar-refractivity contribution in [2.24, 2.45) is 0 Å². The van der Waals surface area contributed by atoms with Gasteiger partial charge in [0.1, 0.15) is 0 Å². The first kappa shape index (κ1) is 25.2. The van der Waals surface area contributed by atoms with Crippen molar-refractivity contribution in [2.45, 2.75) is 13.8 Å². The summed E-state index contributed by atoms with van der Waals surface area (Å²) in [5, 5.41) is 2.47. The minimum atomic E-state index is 0.867. The average Bonchev–Trinajstić information content (AvgIpc) is 3.43. The van der Waals surface area contributed by atoms with Crippen LogP contribution in [0.15, 0.2) is 134 Å². The molecule has 0 spiro atoms. The molecule has 0 fully saturated rings. The summed E-state index contributed by atoms with van der Waals surface area (Å²) in [6.07, 6.45) is 1.88. The highest BCUT2D eigenvalue weighted by Gasteiger charge is 2.12. The molecule has 0 saturated carbocycles. The van der Waals surface area contributed by atoms with Crippen LogP contribution < -0.4 is 0 Å². The maximum atomic E-state index is 5.10. The van der Waals surface area contributed by atoms with Gasteiger partial charge in [-0.15, -0.1) is 0 Å². The van der Waals surface area contributed by atoms with Gasteiger partial charge in [-0.1, -0.05) is 91.0 Å². The van der Waals surface area contributed by atoms with Crippen molar-refractivity contribution < 1.29 is 0 Å². The van der Waals surface area contributed by atoms with Gasteiger partial charge in [0.15, 0.2) is 0 Å². The smallest absolute Gasteiger partial charge is 0.0900 e. The molecule has 43 heavy (non-hydrogen) atoms. The summed E-state index contributed by atoms with van der Waals surface area (Å²) in [7, 11) is 0. The van der Waals surface area contributed by atoms with Crippen LogP contribution in [0.4, 0.5) is 0 Å². The Bertz CT molecular complexity index is 2330. The number of hydrogen-bond donors (Lipinski definition) is 1. The molecule has 2 heterocycles. The van der Waals surface area contributed by atoms with E-state index < -0.39 is 0 Å². The number of para-hydroxylation sites is 1. The molecule has 0 saturated heterocycles. The molecular weight excluding hydrogens is 522 g/mol. The molecule has 204 valence electrons. The third-order valence-corrected chi connectivity index (χ3v) is 8.62. The first-order valence-electron chi connectivity index (χ1n) is 14.7. The fraction of sp³-hybridized carbons (Fsp3) is 0.0500. The summed E-state index contributed by atoms with van der Waals surface area (Å²) in [6, 6.07) is 45.2. The number of nitrogens with one attached hydrogen (secondary N) is 1. The molecule has 2 aromatic heterocycles. The number of H-pyrrole nitrogens is 1. The quantitative estimate of drug-likeness (QED) is 0.236. The lowest BCUT2D eigenvalue weighted by molar-refractivity contribution is 1.29. The zero-order valence-corrected chi connectivity index (χ0v) is 24.1. The molecule has 0 aliphatic carbocycles. The summed E-state index contributed by atoms with van der Waals surface area (Å²) >= 11 is 0. The van der Waals surface area contributed by atoms with Crippen molar-refractivity contribution in [3.63, 3.8) is 0 Å². The van der Waals surface area contributed by atoms with Gasteiger partial charge in [-0.3, -0.25) is 4.98 Å². The van der Waals surface area contributed by atoms with Gasteiger partial charge in [0.2, 0.25) is 0 Å². The fourth-order valence-corrected chi connectivity index (χ4v) is 6.32. The van der Waals surface area contributed by atoms with Gasteiger partial charge in [0, 0.05) is 27.4 Å². The van der Waals surface area contributed by atoms with E-state index in [1.165, 1.54) is 44.2 Å². The van der Waals surface area contributed by atoms with E-state index in [-0.39, 0.29) is 0 Å². The fourth-order valence-electron chi connectivity index (χ4n) is 6.32. The lowest BCUT2D eigenvalue weighted by atomic mass is 9.90. The van der Waals surface area contributed by atoms with Gasteiger partial charge in [-0.25, -0.2) is 4.98 Å². The van der Waals surface area contributed by atoms with Crippen molar-refractivity contribution in [1.29, 1.82) is 0 Å². The van der Waals surface area contributed by atoms with Crippen LogP contribution in [-0.2, 0) is 0 Å². The molecule has 0 amide bonds. The third-order valence-electron chi connectivity index (χ3n) is 8.62. The molecular formula is C40H29N3. The summed E-state index contributed by atoms with van der Waals surface area (Å²) in [4.78, 5) is 13.4. The molecule has 0 unspecified atom stereocenters. The molecule has 8 aromatic rings. The van der Waals surface area contributed by atoms with E-state index in [4.69, 9.17) is 9.97 Å². The summed E-state index contributed by atoms with van der Waals surface area (Å²) in [5.41, 5.74) is 15.8. The number of aryl methyl sites for hydroxylation is 1. The van der Waals surface area contributed by atoms with E-state index in [9.17, 15) is 0 Å². The van der Waals surface area contributed by atoms with Gasteiger partial charge in [-0.05, 0) is 94.8 Å². The van der Waals surface area contributed by atoms with Gasteiger partial charge in [-0.2, -0.15) is 0 Å².